The fourth-order valence-electron chi connectivity index (χ4n) is 6.20. The van der Waals surface area contributed by atoms with E-state index in [-0.39, 0.29) is 11.8 Å². The number of aromatic amines is 1. The third kappa shape index (κ3) is 4.61. The molecule has 3 amide bonds. The van der Waals surface area contributed by atoms with Crippen molar-refractivity contribution in [2.75, 3.05) is 0 Å². The molecule has 42 heavy (non-hydrogen) atoms. The molecule has 3 heterocycles. The van der Waals surface area contributed by atoms with Gasteiger partial charge in [-0.25, -0.2) is 0 Å². The van der Waals surface area contributed by atoms with Gasteiger partial charge in [-0.3, -0.25) is 25.2 Å². The normalized spacial score (nSPS) is 15.4. The van der Waals surface area contributed by atoms with Gasteiger partial charge in [0.2, 0.25) is 0 Å². The molecule has 3 N–H and O–H groups in total. The van der Waals surface area contributed by atoms with Crippen molar-refractivity contribution in [2.45, 2.75) is 39.3 Å². The topological polar surface area (TPSA) is 99.2 Å². The minimum absolute atomic E-state index is 0.0978. The van der Waals surface area contributed by atoms with Crippen LogP contribution in [0.2, 0.25) is 5.02 Å². The van der Waals surface area contributed by atoms with Gasteiger partial charge in [-0.1, -0.05) is 61.8 Å². The number of hydrazine groups is 1. The first kappa shape index (κ1) is 27.6. The molecule has 5 aromatic rings. The summed E-state index contributed by atoms with van der Waals surface area (Å²) in [5, 5.41) is 2.39. The number of carbonyl (C=O) groups excluding carboxylic acids is 3. The minimum Gasteiger partial charge on any atom is -0.358 e. The number of nitrogens with one attached hydrogen (secondary N) is 3. The van der Waals surface area contributed by atoms with Gasteiger partial charge >= 0.3 is 0 Å². The monoisotopic (exact) mass is 581 g/mol. The van der Waals surface area contributed by atoms with Crippen molar-refractivity contribution in [1.29, 1.82) is 0 Å². The molecule has 2 unspecified atom stereocenters. The molecule has 6 rings (SSSR count). The van der Waals surface area contributed by atoms with Crippen LogP contribution in [-0.4, -0.2) is 38.2 Å². The second kappa shape index (κ2) is 10.7. The highest BCUT2D eigenvalue weighted by Gasteiger charge is 2.45. The van der Waals surface area contributed by atoms with Crippen molar-refractivity contribution in [3.05, 3.63) is 106 Å². The molecule has 3 aromatic carbocycles. The fraction of sp³-hybridized carbons (Fsp3) is 0.242. The maximum atomic E-state index is 14.0. The van der Waals surface area contributed by atoms with Crippen LogP contribution in [0, 0.1) is 12.8 Å². The van der Waals surface area contributed by atoms with Crippen LogP contribution in [0.25, 0.3) is 21.8 Å². The molecule has 0 saturated heterocycles. The smallest absolute Gasteiger partial charge is 0.286 e. The molecular weight excluding hydrogens is 550 g/mol. The highest BCUT2D eigenvalue weighted by molar-refractivity contribution is 6.31. The van der Waals surface area contributed by atoms with E-state index >= 15 is 0 Å². The lowest BCUT2D eigenvalue weighted by molar-refractivity contribution is -0.127. The second-order valence-electron chi connectivity index (χ2n) is 11.3. The highest BCUT2D eigenvalue weighted by Crippen LogP contribution is 2.44. The molecule has 1 aliphatic rings. The van der Waals surface area contributed by atoms with E-state index in [1.807, 2.05) is 75.4 Å². The summed E-state index contributed by atoms with van der Waals surface area (Å²) in [6.07, 6.45) is 0.409. The van der Waals surface area contributed by atoms with E-state index in [0.29, 0.717) is 22.7 Å². The summed E-state index contributed by atoms with van der Waals surface area (Å²) in [6, 6.07) is 21.3. The Bertz CT molecular complexity index is 1870. The molecule has 8 nitrogen and oxygen atoms in total. The molecule has 2 aromatic heterocycles. The van der Waals surface area contributed by atoms with Crippen LogP contribution in [0.4, 0.5) is 0 Å². The van der Waals surface area contributed by atoms with Crippen molar-refractivity contribution >= 4 is 51.1 Å². The van der Waals surface area contributed by atoms with Crippen molar-refractivity contribution in [2.24, 2.45) is 13.0 Å². The molecule has 0 radical (unpaired) electrons. The zero-order chi connectivity index (χ0) is 29.7. The zero-order valence-electron chi connectivity index (χ0n) is 23.9. The molecule has 1 aliphatic heterocycles. The number of aryl methyl sites for hydroxylation is 2. The van der Waals surface area contributed by atoms with E-state index < -0.39 is 23.9 Å². The molecular formula is C33H32ClN5O3. The average Bonchev–Trinajstić information content (AvgIpc) is 3.57. The standard InChI is InChI=1S/C33H32ClN5O3/c1-18(2)15-28(32(41)37-36-31(40)27-17-20-16-21(34)13-14-26(20)38(27)4)39-30(22-9-5-6-10-23(22)33(39)42)29-19(3)35-25-12-8-7-11-24(25)29/h5-14,16-18,28,30,35H,15H2,1-4H3,(H,36,40)(H,37,41). The molecule has 214 valence electrons. The summed E-state index contributed by atoms with van der Waals surface area (Å²) < 4.78 is 1.75. The first-order valence-electron chi connectivity index (χ1n) is 14.0. The first-order valence-corrected chi connectivity index (χ1v) is 14.4. The lowest BCUT2D eigenvalue weighted by Crippen LogP contribution is -2.54. The number of amides is 3. The van der Waals surface area contributed by atoms with Gasteiger partial charge in [0, 0.05) is 50.7 Å². The van der Waals surface area contributed by atoms with E-state index in [0.717, 1.165) is 38.6 Å². The molecule has 0 bridgehead atoms. The molecule has 0 saturated carbocycles. The predicted molar refractivity (Wildman–Crippen MR) is 164 cm³/mol. The Balaban J connectivity index is 1.35. The Hall–Kier alpha value is -4.56. The zero-order valence-corrected chi connectivity index (χ0v) is 24.6. The van der Waals surface area contributed by atoms with Crippen molar-refractivity contribution < 1.29 is 14.4 Å². The van der Waals surface area contributed by atoms with Gasteiger partial charge in [0.05, 0.1) is 6.04 Å². The van der Waals surface area contributed by atoms with Crippen molar-refractivity contribution in [1.82, 2.24) is 25.3 Å². The number of rotatable bonds is 6. The average molecular weight is 582 g/mol. The third-order valence-electron chi connectivity index (χ3n) is 8.08. The largest absolute Gasteiger partial charge is 0.358 e. The van der Waals surface area contributed by atoms with E-state index in [2.05, 4.69) is 15.8 Å². The third-order valence-corrected chi connectivity index (χ3v) is 8.32. The summed E-state index contributed by atoms with van der Waals surface area (Å²) in [4.78, 5) is 46.3. The van der Waals surface area contributed by atoms with Crippen LogP contribution >= 0.6 is 11.6 Å². The Morgan fingerprint density at radius 3 is 2.52 bits per heavy atom. The number of benzene rings is 3. The van der Waals surface area contributed by atoms with E-state index in [1.165, 1.54) is 0 Å². The van der Waals surface area contributed by atoms with Gasteiger partial charge in [-0.2, -0.15) is 0 Å². The number of carbonyl (C=O) groups is 3. The van der Waals surface area contributed by atoms with Gasteiger partial charge in [0.25, 0.3) is 17.7 Å². The molecule has 0 fully saturated rings. The lowest BCUT2D eigenvalue weighted by Gasteiger charge is -2.34. The van der Waals surface area contributed by atoms with Crippen LogP contribution in [0.5, 0.6) is 0 Å². The summed E-state index contributed by atoms with van der Waals surface area (Å²) in [7, 11) is 1.78. The maximum absolute atomic E-state index is 14.0. The number of hydrogen-bond donors (Lipinski definition) is 3. The Morgan fingerprint density at radius 1 is 1.00 bits per heavy atom. The van der Waals surface area contributed by atoms with Crippen molar-refractivity contribution in [3.8, 4) is 0 Å². The van der Waals surface area contributed by atoms with Gasteiger partial charge < -0.3 is 14.5 Å². The van der Waals surface area contributed by atoms with Crippen LogP contribution in [0.3, 0.4) is 0 Å². The maximum Gasteiger partial charge on any atom is 0.286 e. The van der Waals surface area contributed by atoms with E-state index in [9.17, 15) is 14.4 Å². The molecule has 2 atom stereocenters. The number of aromatic nitrogens is 2. The van der Waals surface area contributed by atoms with Crippen molar-refractivity contribution in [3.63, 3.8) is 0 Å². The predicted octanol–water partition coefficient (Wildman–Crippen LogP) is 6.04. The Labute approximate surface area is 248 Å². The SMILES string of the molecule is Cc1[nH]c2ccccc2c1C1c2ccccc2C(=O)N1C(CC(C)C)C(=O)NNC(=O)c1cc2cc(Cl)ccc2n1C. The van der Waals surface area contributed by atoms with Gasteiger partial charge in [-0.15, -0.1) is 0 Å². The van der Waals surface area contributed by atoms with Crippen LogP contribution < -0.4 is 10.9 Å². The van der Waals surface area contributed by atoms with E-state index in [4.69, 9.17) is 11.6 Å². The van der Waals surface area contributed by atoms with Crippen LogP contribution in [0.15, 0.2) is 72.8 Å². The summed E-state index contributed by atoms with van der Waals surface area (Å²) >= 11 is 6.14. The number of para-hydroxylation sites is 1. The number of nitrogens with zero attached hydrogens (tertiary/aromatic N) is 2. The molecule has 0 aliphatic carbocycles. The summed E-state index contributed by atoms with van der Waals surface area (Å²) in [5.41, 5.74) is 10.7. The number of fused-ring (bicyclic) bond motifs is 3. The minimum atomic E-state index is -0.838. The molecule has 0 spiro atoms. The quantitative estimate of drug-likeness (QED) is 0.213. The Kier molecular flexibility index (Phi) is 7.02. The van der Waals surface area contributed by atoms with Crippen LogP contribution in [-0.2, 0) is 11.8 Å². The summed E-state index contributed by atoms with van der Waals surface area (Å²) in [6.45, 7) is 6.02. The number of H-pyrrole nitrogens is 1. The fourth-order valence-corrected chi connectivity index (χ4v) is 6.38. The first-order chi connectivity index (χ1) is 20.2. The molecule has 9 heteroatoms. The van der Waals surface area contributed by atoms with Gasteiger partial charge in [-0.05, 0) is 61.2 Å². The summed E-state index contributed by atoms with van der Waals surface area (Å²) in [5.74, 6) is -1.04. The lowest BCUT2D eigenvalue weighted by atomic mass is 9.93. The number of halogens is 1. The van der Waals surface area contributed by atoms with E-state index in [1.54, 1.807) is 34.7 Å². The highest BCUT2D eigenvalue weighted by atomic mass is 35.5. The Morgan fingerprint density at radius 2 is 1.74 bits per heavy atom. The second-order valence-corrected chi connectivity index (χ2v) is 11.7. The van der Waals surface area contributed by atoms with Crippen LogP contribution in [0.1, 0.15) is 64.0 Å². The number of hydrogen-bond acceptors (Lipinski definition) is 3. The van der Waals surface area contributed by atoms with Gasteiger partial charge in [0.15, 0.2) is 0 Å². The van der Waals surface area contributed by atoms with Gasteiger partial charge in [0.1, 0.15) is 11.7 Å².